The number of benzene rings is 3. The molecule has 0 fully saturated rings. The number of likely N-dealkylation sites (N-methyl/N-ethyl adjacent to an activating group) is 1. The Hall–Kier alpha value is -3.18. The number of carbonyl (C=O) groups is 1. The lowest BCUT2D eigenvalue weighted by molar-refractivity contribution is -0.916. The van der Waals surface area contributed by atoms with Gasteiger partial charge in [0.25, 0.3) is 5.91 Å². The standard InChI is InChI=1S/C24H25FN2O2/c1-17-13-14-22(29-3)21(15-17)26-24(28)23(18-9-5-4-6-10-18)27(2)16-19-11-7-8-12-20(19)25/h4-15,23H,16H2,1-3H3,(H,26,28)/p+1/t23-/m0/s1. The van der Waals surface area contributed by atoms with Gasteiger partial charge in [0.15, 0.2) is 6.04 Å². The first-order chi connectivity index (χ1) is 14.0. The van der Waals surface area contributed by atoms with E-state index in [-0.39, 0.29) is 11.7 Å². The molecule has 0 spiro atoms. The Labute approximate surface area is 170 Å². The maximum atomic E-state index is 14.2. The van der Waals surface area contributed by atoms with E-state index in [0.717, 1.165) is 16.0 Å². The number of nitrogens with one attached hydrogen (secondary N) is 2. The van der Waals surface area contributed by atoms with E-state index in [9.17, 15) is 9.18 Å². The van der Waals surface area contributed by atoms with Gasteiger partial charge in [-0.2, -0.15) is 0 Å². The normalized spacial score (nSPS) is 12.8. The zero-order chi connectivity index (χ0) is 20.8. The third kappa shape index (κ3) is 5.00. The van der Waals surface area contributed by atoms with Crippen molar-refractivity contribution in [1.29, 1.82) is 0 Å². The minimum atomic E-state index is -0.513. The Morgan fingerprint density at radius 2 is 1.76 bits per heavy atom. The summed E-state index contributed by atoms with van der Waals surface area (Å²) in [5, 5.41) is 3.00. The van der Waals surface area contributed by atoms with Gasteiger partial charge in [0, 0.05) is 11.1 Å². The van der Waals surface area contributed by atoms with Crippen LogP contribution in [0, 0.1) is 12.7 Å². The number of aryl methyl sites for hydroxylation is 1. The molecule has 0 saturated heterocycles. The third-order valence-electron chi connectivity index (χ3n) is 4.93. The Bertz CT molecular complexity index is 976. The molecule has 1 amide bonds. The van der Waals surface area contributed by atoms with Crippen LogP contribution in [0.2, 0.25) is 0 Å². The summed E-state index contributed by atoms with van der Waals surface area (Å²) in [6.07, 6.45) is 0. The molecule has 0 aliphatic heterocycles. The molecule has 0 aliphatic carbocycles. The number of amides is 1. The molecule has 3 aromatic rings. The zero-order valence-electron chi connectivity index (χ0n) is 16.9. The second-order valence-electron chi connectivity index (χ2n) is 7.15. The van der Waals surface area contributed by atoms with Crippen molar-refractivity contribution in [2.45, 2.75) is 19.5 Å². The molecule has 1 unspecified atom stereocenters. The lowest BCUT2D eigenvalue weighted by atomic mass is 10.0. The summed E-state index contributed by atoms with van der Waals surface area (Å²) < 4.78 is 19.6. The molecule has 0 radical (unpaired) electrons. The van der Waals surface area contributed by atoms with E-state index in [1.807, 2.05) is 62.5 Å². The first-order valence-corrected chi connectivity index (χ1v) is 9.55. The zero-order valence-corrected chi connectivity index (χ0v) is 16.9. The smallest absolute Gasteiger partial charge is 0.287 e. The fraction of sp³-hybridized carbons (Fsp3) is 0.208. The maximum Gasteiger partial charge on any atom is 0.287 e. The molecule has 0 heterocycles. The molecule has 2 atom stereocenters. The predicted octanol–water partition coefficient (Wildman–Crippen LogP) is 3.54. The van der Waals surface area contributed by atoms with Crippen molar-refractivity contribution in [3.8, 4) is 5.75 Å². The van der Waals surface area contributed by atoms with Crippen LogP contribution in [0.4, 0.5) is 10.1 Å². The molecular weight excluding hydrogens is 367 g/mol. The molecule has 2 N–H and O–H groups in total. The Morgan fingerprint density at radius 3 is 2.45 bits per heavy atom. The van der Waals surface area contributed by atoms with E-state index in [2.05, 4.69) is 5.32 Å². The highest BCUT2D eigenvalue weighted by Gasteiger charge is 2.30. The van der Waals surface area contributed by atoms with E-state index in [0.29, 0.717) is 23.5 Å². The fourth-order valence-electron chi connectivity index (χ4n) is 3.47. The van der Waals surface area contributed by atoms with Gasteiger partial charge in [0.05, 0.1) is 19.8 Å². The second kappa shape index (κ2) is 9.34. The van der Waals surface area contributed by atoms with Gasteiger partial charge in [0.1, 0.15) is 18.1 Å². The molecule has 0 bridgehead atoms. The van der Waals surface area contributed by atoms with Crippen LogP contribution in [0.5, 0.6) is 5.75 Å². The summed E-state index contributed by atoms with van der Waals surface area (Å²) in [4.78, 5) is 14.2. The van der Waals surface area contributed by atoms with Crippen LogP contribution in [-0.2, 0) is 11.3 Å². The highest BCUT2D eigenvalue weighted by atomic mass is 19.1. The summed E-state index contributed by atoms with van der Waals surface area (Å²) >= 11 is 0. The SMILES string of the molecule is COc1ccc(C)cc1NC(=O)[C@H](c1ccccc1)[NH+](C)Cc1ccccc1F. The molecule has 0 aliphatic rings. The van der Waals surface area contributed by atoms with Crippen LogP contribution < -0.4 is 15.0 Å². The summed E-state index contributed by atoms with van der Waals surface area (Å²) in [7, 11) is 3.47. The number of hydrogen-bond donors (Lipinski definition) is 2. The molecule has 4 nitrogen and oxygen atoms in total. The van der Waals surface area contributed by atoms with E-state index < -0.39 is 6.04 Å². The van der Waals surface area contributed by atoms with Crippen molar-refractivity contribution in [3.63, 3.8) is 0 Å². The van der Waals surface area contributed by atoms with Crippen molar-refractivity contribution in [3.05, 3.63) is 95.3 Å². The van der Waals surface area contributed by atoms with Crippen LogP contribution in [0.3, 0.4) is 0 Å². The number of ether oxygens (including phenoxy) is 1. The summed E-state index contributed by atoms with van der Waals surface area (Å²) in [5.74, 6) is 0.163. The first-order valence-electron chi connectivity index (χ1n) is 9.55. The highest BCUT2D eigenvalue weighted by Crippen LogP contribution is 2.26. The average Bonchev–Trinajstić information content (AvgIpc) is 2.71. The quantitative estimate of drug-likeness (QED) is 0.645. The minimum absolute atomic E-state index is 0.172. The summed E-state index contributed by atoms with van der Waals surface area (Å²) in [5.41, 5.74) is 3.08. The molecular formula is C24H26FN2O2+. The molecule has 3 aromatic carbocycles. The molecule has 5 heteroatoms. The van der Waals surface area contributed by atoms with E-state index in [4.69, 9.17) is 4.74 Å². The van der Waals surface area contributed by atoms with Crippen LogP contribution >= 0.6 is 0 Å². The van der Waals surface area contributed by atoms with Crippen molar-refractivity contribution in [2.24, 2.45) is 0 Å². The number of halogens is 1. The summed E-state index contributed by atoms with van der Waals surface area (Å²) in [6, 6.07) is 21.3. The van der Waals surface area contributed by atoms with Crippen LogP contribution in [0.15, 0.2) is 72.8 Å². The first kappa shape index (κ1) is 20.6. The molecule has 0 aromatic heterocycles. The fourth-order valence-corrected chi connectivity index (χ4v) is 3.47. The van der Waals surface area contributed by atoms with E-state index in [1.165, 1.54) is 6.07 Å². The van der Waals surface area contributed by atoms with Gasteiger partial charge in [-0.25, -0.2) is 4.39 Å². The minimum Gasteiger partial charge on any atom is -0.495 e. The van der Waals surface area contributed by atoms with Crippen molar-refractivity contribution >= 4 is 11.6 Å². The predicted molar refractivity (Wildman–Crippen MR) is 113 cm³/mol. The van der Waals surface area contributed by atoms with Crippen molar-refractivity contribution in [1.82, 2.24) is 0 Å². The van der Waals surface area contributed by atoms with Crippen molar-refractivity contribution in [2.75, 3.05) is 19.5 Å². The van der Waals surface area contributed by atoms with Gasteiger partial charge in [-0.05, 0) is 30.7 Å². The van der Waals surface area contributed by atoms with E-state index >= 15 is 0 Å². The Balaban J connectivity index is 1.91. The van der Waals surface area contributed by atoms with Gasteiger partial charge in [0.2, 0.25) is 0 Å². The number of hydrogen-bond acceptors (Lipinski definition) is 2. The lowest BCUT2D eigenvalue weighted by Crippen LogP contribution is -3.09. The van der Waals surface area contributed by atoms with E-state index in [1.54, 1.807) is 25.3 Å². The van der Waals surface area contributed by atoms with Gasteiger partial charge in [-0.1, -0.05) is 54.6 Å². The van der Waals surface area contributed by atoms with Gasteiger partial charge in [-0.15, -0.1) is 0 Å². The number of quaternary nitrogens is 1. The van der Waals surface area contributed by atoms with Crippen LogP contribution in [0.1, 0.15) is 22.7 Å². The number of anilines is 1. The largest absolute Gasteiger partial charge is 0.495 e. The highest BCUT2D eigenvalue weighted by molar-refractivity contribution is 5.96. The molecule has 0 saturated carbocycles. The second-order valence-corrected chi connectivity index (χ2v) is 7.15. The van der Waals surface area contributed by atoms with Gasteiger partial charge < -0.3 is 15.0 Å². The number of carbonyl (C=O) groups excluding carboxylic acids is 1. The Morgan fingerprint density at radius 1 is 1.07 bits per heavy atom. The van der Waals surface area contributed by atoms with Gasteiger partial charge in [-0.3, -0.25) is 4.79 Å². The van der Waals surface area contributed by atoms with Gasteiger partial charge >= 0.3 is 0 Å². The number of rotatable bonds is 7. The third-order valence-corrected chi connectivity index (χ3v) is 4.93. The number of methoxy groups -OCH3 is 1. The lowest BCUT2D eigenvalue weighted by Gasteiger charge is -2.25. The molecule has 150 valence electrons. The monoisotopic (exact) mass is 393 g/mol. The Kier molecular flexibility index (Phi) is 6.62. The summed E-state index contributed by atoms with van der Waals surface area (Å²) in [6.45, 7) is 2.34. The topological polar surface area (TPSA) is 42.8 Å². The van der Waals surface area contributed by atoms with Crippen LogP contribution in [0.25, 0.3) is 0 Å². The molecule has 29 heavy (non-hydrogen) atoms. The van der Waals surface area contributed by atoms with Crippen LogP contribution in [-0.4, -0.2) is 20.1 Å². The maximum absolute atomic E-state index is 14.2. The average molecular weight is 393 g/mol. The molecule has 3 rings (SSSR count). The van der Waals surface area contributed by atoms with Crippen molar-refractivity contribution < 1.29 is 18.8 Å².